The van der Waals surface area contributed by atoms with Crippen molar-refractivity contribution in [3.05, 3.63) is 12.2 Å². The molecule has 0 atom stereocenters. The number of carbonyl (C=O) groups excluding carboxylic acids is 3. The Hall–Kier alpha value is -1.15. The van der Waals surface area contributed by atoms with E-state index in [2.05, 4.69) is 6.58 Å². The summed E-state index contributed by atoms with van der Waals surface area (Å²) in [6.07, 6.45) is 0.634. The Kier molecular flexibility index (Phi) is 12.8. The van der Waals surface area contributed by atoms with Crippen LogP contribution in [-0.2, 0) is 28.6 Å². The molecule has 0 bridgehead atoms. The van der Waals surface area contributed by atoms with Gasteiger partial charge in [-0.3, -0.25) is 9.59 Å². The SMILES string of the molecule is C=C(C)C(=O)OCCOC(=O)CCSSCCC(=O)OCC. The maximum atomic E-state index is 11.4. The van der Waals surface area contributed by atoms with Crippen LogP contribution in [0.25, 0.3) is 0 Å². The molecule has 0 aliphatic carbocycles. The number of esters is 3. The molecule has 0 fully saturated rings. The van der Waals surface area contributed by atoms with Crippen LogP contribution in [0.2, 0.25) is 0 Å². The molecule has 0 aliphatic rings. The van der Waals surface area contributed by atoms with E-state index in [1.54, 1.807) is 13.8 Å². The second kappa shape index (κ2) is 13.5. The van der Waals surface area contributed by atoms with E-state index in [0.717, 1.165) is 0 Å². The van der Waals surface area contributed by atoms with Gasteiger partial charge in [-0.15, -0.1) is 0 Å². The fraction of sp³-hybridized carbons (Fsp3) is 0.643. The molecule has 0 unspecified atom stereocenters. The fourth-order valence-corrected chi connectivity index (χ4v) is 3.03. The minimum absolute atomic E-state index is 0.0267. The molecular weight excluding hydrogens is 328 g/mol. The van der Waals surface area contributed by atoms with E-state index in [1.807, 2.05) is 0 Å². The maximum Gasteiger partial charge on any atom is 0.333 e. The normalized spacial score (nSPS) is 9.91. The first-order valence-corrected chi connectivity index (χ1v) is 9.34. The number of hydrogen-bond donors (Lipinski definition) is 0. The highest BCUT2D eigenvalue weighted by Gasteiger charge is 2.06. The Morgan fingerprint density at radius 3 is 1.91 bits per heavy atom. The predicted molar refractivity (Wildman–Crippen MR) is 87.5 cm³/mol. The molecule has 8 heteroatoms. The van der Waals surface area contributed by atoms with Crippen LogP contribution in [0.4, 0.5) is 0 Å². The molecule has 6 nitrogen and oxygen atoms in total. The molecule has 0 saturated heterocycles. The monoisotopic (exact) mass is 350 g/mol. The van der Waals surface area contributed by atoms with Crippen LogP contribution in [0, 0.1) is 0 Å². The Morgan fingerprint density at radius 1 is 0.909 bits per heavy atom. The highest BCUT2D eigenvalue weighted by Crippen LogP contribution is 2.22. The van der Waals surface area contributed by atoms with Gasteiger partial charge in [-0.25, -0.2) is 4.79 Å². The molecule has 0 radical (unpaired) electrons. The summed E-state index contributed by atoms with van der Waals surface area (Å²) in [5.74, 6) is 0.196. The third kappa shape index (κ3) is 12.6. The number of hydrogen-bond acceptors (Lipinski definition) is 8. The molecule has 0 aromatic rings. The van der Waals surface area contributed by atoms with Crippen LogP contribution in [0.1, 0.15) is 26.7 Å². The summed E-state index contributed by atoms with van der Waals surface area (Å²) in [5, 5.41) is 0. The molecular formula is C14H22O6S2. The van der Waals surface area contributed by atoms with Crippen molar-refractivity contribution in [1.29, 1.82) is 0 Å². The summed E-state index contributed by atoms with van der Waals surface area (Å²) in [6.45, 7) is 7.21. The Balaban J connectivity index is 3.41. The summed E-state index contributed by atoms with van der Waals surface area (Å²) in [6, 6.07) is 0. The lowest BCUT2D eigenvalue weighted by Crippen LogP contribution is -2.14. The van der Waals surface area contributed by atoms with Gasteiger partial charge >= 0.3 is 17.9 Å². The number of ether oxygens (including phenoxy) is 3. The first-order valence-electron chi connectivity index (χ1n) is 6.85. The van der Waals surface area contributed by atoms with E-state index in [4.69, 9.17) is 14.2 Å². The van der Waals surface area contributed by atoms with Gasteiger partial charge in [-0.1, -0.05) is 28.2 Å². The third-order valence-electron chi connectivity index (χ3n) is 2.10. The Bertz CT molecular complexity index is 384. The van der Waals surface area contributed by atoms with Gasteiger partial charge < -0.3 is 14.2 Å². The average Bonchev–Trinajstić information content (AvgIpc) is 2.47. The van der Waals surface area contributed by atoms with E-state index in [9.17, 15) is 14.4 Å². The van der Waals surface area contributed by atoms with Gasteiger partial charge in [-0.05, 0) is 13.8 Å². The lowest BCUT2D eigenvalue weighted by atomic mass is 10.4. The zero-order valence-electron chi connectivity index (χ0n) is 12.9. The lowest BCUT2D eigenvalue weighted by Gasteiger charge is -2.06. The summed E-state index contributed by atoms with van der Waals surface area (Å²) in [5.41, 5.74) is 0.308. The van der Waals surface area contributed by atoms with E-state index in [0.29, 0.717) is 30.1 Å². The van der Waals surface area contributed by atoms with Gasteiger partial charge in [0.15, 0.2) is 0 Å². The summed E-state index contributed by atoms with van der Waals surface area (Å²) < 4.78 is 14.5. The second-order valence-corrected chi connectivity index (χ2v) is 6.79. The first kappa shape index (κ1) is 20.9. The van der Waals surface area contributed by atoms with Crippen LogP contribution >= 0.6 is 21.6 Å². The number of carbonyl (C=O) groups is 3. The fourth-order valence-electron chi connectivity index (χ4n) is 1.09. The van der Waals surface area contributed by atoms with Gasteiger partial charge in [0, 0.05) is 17.1 Å². The molecule has 0 aromatic heterocycles. The van der Waals surface area contributed by atoms with Crippen molar-refractivity contribution >= 4 is 39.5 Å². The van der Waals surface area contributed by atoms with Crippen LogP contribution in [0.5, 0.6) is 0 Å². The molecule has 0 rings (SSSR count). The molecule has 0 spiro atoms. The summed E-state index contributed by atoms with van der Waals surface area (Å²) >= 11 is 0. The van der Waals surface area contributed by atoms with Gasteiger partial charge in [0.2, 0.25) is 0 Å². The van der Waals surface area contributed by atoms with E-state index in [1.165, 1.54) is 21.6 Å². The highest BCUT2D eigenvalue weighted by molar-refractivity contribution is 8.76. The number of rotatable bonds is 12. The van der Waals surface area contributed by atoms with Crippen molar-refractivity contribution < 1.29 is 28.6 Å². The highest BCUT2D eigenvalue weighted by atomic mass is 33.1. The van der Waals surface area contributed by atoms with Gasteiger partial charge in [0.25, 0.3) is 0 Å². The van der Waals surface area contributed by atoms with Crippen molar-refractivity contribution in [1.82, 2.24) is 0 Å². The average molecular weight is 350 g/mol. The molecule has 0 aromatic carbocycles. The summed E-state index contributed by atoms with van der Waals surface area (Å²) in [7, 11) is 3.01. The van der Waals surface area contributed by atoms with Crippen LogP contribution in [0.3, 0.4) is 0 Å². The van der Waals surface area contributed by atoms with Crippen LogP contribution in [-0.4, -0.2) is 49.2 Å². The minimum Gasteiger partial charge on any atom is -0.466 e. The topological polar surface area (TPSA) is 78.9 Å². The molecule has 0 N–H and O–H groups in total. The third-order valence-corrected chi connectivity index (χ3v) is 4.50. The van der Waals surface area contributed by atoms with Gasteiger partial charge in [-0.2, -0.15) is 0 Å². The molecule has 22 heavy (non-hydrogen) atoms. The van der Waals surface area contributed by atoms with Gasteiger partial charge in [0.05, 0.1) is 19.4 Å². The molecule has 0 amide bonds. The first-order chi connectivity index (χ1) is 10.5. The van der Waals surface area contributed by atoms with E-state index in [-0.39, 0.29) is 31.6 Å². The van der Waals surface area contributed by atoms with Crippen molar-refractivity contribution in [2.24, 2.45) is 0 Å². The lowest BCUT2D eigenvalue weighted by molar-refractivity contribution is -0.149. The largest absolute Gasteiger partial charge is 0.466 e. The molecule has 0 heterocycles. The molecule has 126 valence electrons. The Morgan fingerprint density at radius 2 is 1.41 bits per heavy atom. The van der Waals surface area contributed by atoms with E-state index >= 15 is 0 Å². The van der Waals surface area contributed by atoms with Crippen molar-refractivity contribution in [2.75, 3.05) is 31.3 Å². The quantitative estimate of drug-likeness (QED) is 0.174. The van der Waals surface area contributed by atoms with Gasteiger partial charge in [0.1, 0.15) is 13.2 Å². The smallest absolute Gasteiger partial charge is 0.333 e. The van der Waals surface area contributed by atoms with Crippen LogP contribution < -0.4 is 0 Å². The van der Waals surface area contributed by atoms with Crippen molar-refractivity contribution in [3.63, 3.8) is 0 Å². The second-order valence-electron chi connectivity index (χ2n) is 4.09. The standard InChI is InChI=1S/C14H22O6S2/c1-4-18-12(15)5-9-21-22-10-6-13(16)19-7-8-20-14(17)11(2)3/h2,4-10H2,1,3H3. The summed E-state index contributed by atoms with van der Waals surface area (Å²) in [4.78, 5) is 33.5. The van der Waals surface area contributed by atoms with Crippen molar-refractivity contribution in [3.8, 4) is 0 Å². The Labute approximate surface area is 138 Å². The molecule has 0 saturated carbocycles. The van der Waals surface area contributed by atoms with Crippen molar-refractivity contribution in [2.45, 2.75) is 26.7 Å². The van der Waals surface area contributed by atoms with E-state index < -0.39 is 5.97 Å². The van der Waals surface area contributed by atoms with Crippen LogP contribution in [0.15, 0.2) is 12.2 Å². The maximum absolute atomic E-state index is 11.4. The zero-order chi connectivity index (χ0) is 16.8. The predicted octanol–water partition coefficient (Wildman–Crippen LogP) is 2.37. The minimum atomic E-state index is -0.496. The molecule has 0 aliphatic heterocycles. The zero-order valence-corrected chi connectivity index (χ0v) is 14.6.